The number of nitrogens with two attached hydrogens (primary N) is 1. The van der Waals surface area contributed by atoms with Crippen LogP contribution in [0.2, 0.25) is 0 Å². The van der Waals surface area contributed by atoms with Gasteiger partial charge in [0.05, 0.1) is 24.2 Å². The highest BCUT2D eigenvalue weighted by Gasteiger charge is 2.25. The van der Waals surface area contributed by atoms with Crippen LogP contribution < -0.4 is 15.8 Å². The maximum Gasteiger partial charge on any atom is 0.236 e. The van der Waals surface area contributed by atoms with E-state index in [2.05, 4.69) is 5.32 Å². The molecule has 2 aromatic carbocycles. The van der Waals surface area contributed by atoms with Gasteiger partial charge >= 0.3 is 0 Å². The zero-order valence-corrected chi connectivity index (χ0v) is 13.7. The summed E-state index contributed by atoms with van der Waals surface area (Å²) >= 11 is 0. The lowest BCUT2D eigenvalue weighted by Gasteiger charge is -2.14. The van der Waals surface area contributed by atoms with Gasteiger partial charge < -0.3 is 15.8 Å². The molecule has 0 spiro atoms. The van der Waals surface area contributed by atoms with Gasteiger partial charge in [-0.05, 0) is 36.8 Å². The molecule has 0 unspecified atom stereocenters. The number of hydrogen-bond donors (Lipinski definition) is 2. The number of ether oxygens (including phenoxy) is 1. The number of para-hydroxylation sites is 1. The van der Waals surface area contributed by atoms with E-state index in [0.717, 1.165) is 5.56 Å². The monoisotopic (exact) mass is 334 g/mol. The van der Waals surface area contributed by atoms with Gasteiger partial charge in [0.2, 0.25) is 15.7 Å². The van der Waals surface area contributed by atoms with Gasteiger partial charge in [-0.2, -0.15) is 0 Å². The molecule has 23 heavy (non-hydrogen) atoms. The highest BCUT2D eigenvalue weighted by atomic mass is 32.2. The van der Waals surface area contributed by atoms with E-state index in [0.29, 0.717) is 5.69 Å². The lowest BCUT2D eigenvalue weighted by Crippen LogP contribution is -2.22. The summed E-state index contributed by atoms with van der Waals surface area (Å²) in [5.74, 6) is -0.314. The number of methoxy groups -OCH3 is 1. The molecule has 0 radical (unpaired) electrons. The summed E-state index contributed by atoms with van der Waals surface area (Å²) in [5, 5.41) is 2.75. The Morgan fingerprint density at radius 2 is 1.87 bits per heavy atom. The van der Waals surface area contributed by atoms with Crippen molar-refractivity contribution >= 4 is 21.4 Å². The molecular weight excluding hydrogens is 316 g/mol. The predicted molar refractivity (Wildman–Crippen MR) is 87.3 cm³/mol. The van der Waals surface area contributed by atoms with E-state index in [1.165, 1.54) is 13.2 Å². The molecular formula is C16H18N2O4S. The number of aryl methyl sites for hydroxylation is 1. The number of sulfone groups is 1. The minimum atomic E-state index is -3.82. The van der Waals surface area contributed by atoms with Crippen LogP contribution in [0.5, 0.6) is 5.75 Å². The number of primary amides is 1. The Hall–Kier alpha value is -2.54. The fourth-order valence-corrected chi connectivity index (χ4v) is 3.82. The predicted octanol–water partition coefficient (Wildman–Crippen LogP) is 1.73. The largest absolute Gasteiger partial charge is 0.495 e. The standard InChI is InChI=1S/C16H18N2O4S/c1-11-7-8-13(22-2)15(9-11)23(20,21)14-6-4-3-5-12(14)18-10-16(17)19/h3-9,18H,10H2,1-2H3,(H2,17,19). The zero-order valence-electron chi connectivity index (χ0n) is 12.9. The Kier molecular flexibility index (Phi) is 4.90. The molecule has 2 aromatic rings. The fraction of sp³-hybridized carbons (Fsp3) is 0.188. The van der Waals surface area contributed by atoms with Crippen molar-refractivity contribution in [1.82, 2.24) is 0 Å². The third-order valence-corrected chi connectivity index (χ3v) is 5.07. The number of nitrogens with one attached hydrogen (secondary N) is 1. The quantitative estimate of drug-likeness (QED) is 0.838. The summed E-state index contributed by atoms with van der Waals surface area (Å²) < 4.78 is 31.2. The van der Waals surface area contributed by atoms with Crippen LogP contribution in [0.4, 0.5) is 5.69 Å². The van der Waals surface area contributed by atoms with Crippen LogP contribution in [-0.2, 0) is 14.6 Å². The van der Waals surface area contributed by atoms with Crippen molar-refractivity contribution < 1.29 is 17.9 Å². The van der Waals surface area contributed by atoms with Crippen LogP contribution in [0, 0.1) is 6.92 Å². The third kappa shape index (κ3) is 3.62. The number of anilines is 1. The van der Waals surface area contributed by atoms with E-state index in [4.69, 9.17) is 10.5 Å². The van der Waals surface area contributed by atoms with E-state index in [1.54, 1.807) is 43.3 Å². The minimum absolute atomic E-state index is 0.0603. The first-order chi connectivity index (χ1) is 10.9. The van der Waals surface area contributed by atoms with Crippen LogP contribution in [0.3, 0.4) is 0 Å². The van der Waals surface area contributed by atoms with E-state index < -0.39 is 15.7 Å². The Bertz CT molecular complexity index is 832. The summed E-state index contributed by atoms with van der Waals surface area (Å²) in [7, 11) is -2.40. The first kappa shape index (κ1) is 16.8. The molecule has 0 aromatic heterocycles. The smallest absolute Gasteiger partial charge is 0.236 e. The summed E-state index contributed by atoms with van der Waals surface area (Å²) in [6.07, 6.45) is 0. The van der Waals surface area contributed by atoms with Crippen molar-refractivity contribution in [2.75, 3.05) is 19.0 Å². The van der Waals surface area contributed by atoms with E-state index >= 15 is 0 Å². The van der Waals surface area contributed by atoms with Gasteiger partial charge in [0.15, 0.2) is 0 Å². The first-order valence-electron chi connectivity index (χ1n) is 6.87. The second-order valence-electron chi connectivity index (χ2n) is 4.97. The van der Waals surface area contributed by atoms with Gasteiger partial charge in [-0.25, -0.2) is 8.42 Å². The molecule has 0 bridgehead atoms. The molecule has 0 aliphatic rings. The Morgan fingerprint density at radius 1 is 1.17 bits per heavy atom. The minimum Gasteiger partial charge on any atom is -0.495 e. The average molecular weight is 334 g/mol. The van der Waals surface area contributed by atoms with Crippen LogP contribution in [0.25, 0.3) is 0 Å². The summed E-state index contributed by atoms with van der Waals surface area (Å²) in [5.41, 5.74) is 6.22. The molecule has 0 saturated carbocycles. The van der Waals surface area contributed by atoms with Gasteiger partial charge in [-0.1, -0.05) is 18.2 Å². The maximum atomic E-state index is 13.0. The van der Waals surface area contributed by atoms with E-state index in [9.17, 15) is 13.2 Å². The zero-order chi connectivity index (χ0) is 17.0. The molecule has 0 atom stereocenters. The molecule has 0 saturated heterocycles. The number of carbonyl (C=O) groups is 1. The lowest BCUT2D eigenvalue weighted by atomic mass is 10.2. The van der Waals surface area contributed by atoms with Crippen molar-refractivity contribution in [3.8, 4) is 5.75 Å². The molecule has 0 fully saturated rings. The van der Waals surface area contributed by atoms with Crippen molar-refractivity contribution in [2.24, 2.45) is 5.73 Å². The van der Waals surface area contributed by atoms with Gasteiger partial charge in [0, 0.05) is 0 Å². The van der Waals surface area contributed by atoms with Crippen LogP contribution in [-0.4, -0.2) is 28.0 Å². The fourth-order valence-electron chi connectivity index (χ4n) is 2.14. The van der Waals surface area contributed by atoms with Crippen molar-refractivity contribution in [1.29, 1.82) is 0 Å². The molecule has 2 rings (SSSR count). The number of hydrogen-bond acceptors (Lipinski definition) is 5. The molecule has 122 valence electrons. The van der Waals surface area contributed by atoms with E-state index in [-0.39, 0.29) is 22.1 Å². The number of rotatable bonds is 6. The number of carbonyl (C=O) groups excluding carboxylic acids is 1. The van der Waals surface area contributed by atoms with Gasteiger partial charge in [-0.3, -0.25) is 4.79 Å². The second kappa shape index (κ2) is 6.70. The first-order valence-corrected chi connectivity index (χ1v) is 8.35. The number of benzene rings is 2. The summed E-state index contributed by atoms with van der Waals surface area (Å²) in [4.78, 5) is 11.1. The molecule has 0 aliphatic heterocycles. The Labute approximate surface area is 135 Å². The van der Waals surface area contributed by atoms with Crippen LogP contribution in [0.15, 0.2) is 52.3 Å². The van der Waals surface area contributed by atoms with Crippen molar-refractivity contribution in [2.45, 2.75) is 16.7 Å². The van der Waals surface area contributed by atoms with Gasteiger partial charge in [-0.15, -0.1) is 0 Å². The molecule has 6 nitrogen and oxygen atoms in total. The molecule has 3 N–H and O–H groups in total. The highest BCUT2D eigenvalue weighted by Crippen LogP contribution is 2.33. The van der Waals surface area contributed by atoms with Crippen LogP contribution in [0.1, 0.15) is 5.56 Å². The molecule has 0 heterocycles. The molecule has 1 amide bonds. The molecule has 0 aliphatic carbocycles. The molecule has 7 heteroatoms. The second-order valence-corrected chi connectivity index (χ2v) is 6.86. The highest BCUT2D eigenvalue weighted by molar-refractivity contribution is 7.91. The SMILES string of the molecule is COc1ccc(C)cc1S(=O)(=O)c1ccccc1NCC(N)=O. The number of amides is 1. The summed E-state index contributed by atoms with van der Waals surface area (Å²) in [6, 6.07) is 11.3. The third-order valence-electron chi connectivity index (χ3n) is 3.24. The Balaban J connectivity index is 2.57. The summed E-state index contributed by atoms with van der Waals surface area (Å²) in [6.45, 7) is 1.65. The average Bonchev–Trinajstić information content (AvgIpc) is 2.53. The van der Waals surface area contributed by atoms with Gasteiger partial charge in [0.25, 0.3) is 0 Å². The van der Waals surface area contributed by atoms with Crippen molar-refractivity contribution in [3.63, 3.8) is 0 Å². The van der Waals surface area contributed by atoms with Crippen molar-refractivity contribution in [3.05, 3.63) is 48.0 Å². The lowest BCUT2D eigenvalue weighted by molar-refractivity contribution is -0.116. The normalized spacial score (nSPS) is 11.0. The van der Waals surface area contributed by atoms with Gasteiger partial charge in [0.1, 0.15) is 10.6 Å². The topological polar surface area (TPSA) is 98.5 Å². The van der Waals surface area contributed by atoms with E-state index in [1.807, 2.05) is 0 Å². The van der Waals surface area contributed by atoms with Crippen LogP contribution >= 0.6 is 0 Å². The Morgan fingerprint density at radius 3 is 2.52 bits per heavy atom. The maximum absolute atomic E-state index is 13.0.